The molecule has 114 valence electrons. The van der Waals surface area contributed by atoms with E-state index < -0.39 is 0 Å². The zero-order valence-corrected chi connectivity index (χ0v) is 13.2. The van der Waals surface area contributed by atoms with Crippen LogP contribution in [0.2, 0.25) is 0 Å². The molecule has 1 N–H and O–H groups in total. The van der Waals surface area contributed by atoms with Crippen LogP contribution in [0.4, 0.5) is 5.82 Å². The van der Waals surface area contributed by atoms with Crippen molar-refractivity contribution in [3.63, 3.8) is 0 Å². The first-order valence-corrected chi connectivity index (χ1v) is 7.50. The number of methoxy groups -OCH3 is 1. The highest BCUT2D eigenvalue weighted by Crippen LogP contribution is 2.14. The van der Waals surface area contributed by atoms with Crippen molar-refractivity contribution in [3.05, 3.63) is 18.1 Å². The zero-order chi connectivity index (χ0) is 14.8. The number of hydrogen-bond acceptors (Lipinski definition) is 5. The van der Waals surface area contributed by atoms with Gasteiger partial charge in [0, 0.05) is 26.2 Å². The van der Waals surface area contributed by atoms with Crippen molar-refractivity contribution in [3.8, 4) is 0 Å². The molecule has 0 amide bonds. The van der Waals surface area contributed by atoms with Gasteiger partial charge in [0.15, 0.2) is 0 Å². The summed E-state index contributed by atoms with van der Waals surface area (Å²) in [6, 6.07) is 0.434. The molecule has 0 bridgehead atoms. The van der Waals surface area contributed by atoms with Crippen molar-refractivity contribution in [1.29, 1.82) is 0 Å². The molecular weight excluding hydrogens is 252 g/mol. The summed E-state index contributed by atoms with van der Waals surface area (Å²) in [7, 11) is 1.73. The van der Waals surface area contributed by atoms with Gasteiger partial charge in [-0.25, -0.2) is 4.98 Å². The molecule has 0 saturated heterocycles. The first-order valence-electron chi connectivity index (χ1n) is 7.50. The van der Waals surface area contributed by atoms with Crippen molar-refractivity contribution in [1.82, 2.24) is 15.3 Å². The van der Waals surface area contributed by atoms with E-state index in [1.165, 1.54) is 0 Å². The van der Waals surface area contributed by atoms with Crippen molar-refractivity contribution >= 4 is 5.82 Å². The molecule has 5 heteroatoms. The predicted molar refractivity (Wildman–Crippen MR) is 83.0 cm³/mol. The summed E-state index contributed by atoms with van der Waals surface area (Å²) < 4.78 is 5.18. The van der Waals surface area contributed by atoms with E-state index >= 15 is 0 Å². The van der Waals surface area contributed by atoms with E-state index in [1.54, 1.807) is 7.11 Å². The number of aromatic nitrogens is 2. The Hall–Kier alpha value is -1.20. The summed E-state index contributed by atoms with van der Waals surface area (Å²) in [4.78, 5) is 11.3. The Labute approximate surface area is 122 Å². The second kappa shape index (κ2) is 9.66. The van der Waals surface area contributed by atoms with Gasteiger partial charge < -0.3 is 15.0 Å². The van der Waals surface area contributed by atoms with Gasteiger partial charge in [-0.3, -0.25) is 4.98 Å². The van der Waals surface area contributed by atoms with Crippen LogP contribution >= 0.6 is 0 Å². The second-order valence-corrected chi connectivity index (χ2v) is 4.99. The molecule has 0 aliphatic heterocycles. The maximum Gasteiger partial charge on any atom is 0.147 e. The lowest BCUT2D eigenvalue weighted by Gasteiger charge is -2.29. The summed E-state index contributed by atoms with van der Waals surface area (Å²) in [5.74, 6) is 0.927. The van der Waals surface area contributed by atoms with Crippen LogP contribution in [0.5, 0.6) is 0 Å². The molecule has 1 aromatic rings. The average molecular weight is 280 g/mol. The molecule has 1 rings (SSSR count). The van der Waals surface area contributed by atoms with Crippen molar-refractivity contribution < 1.29 is 4.74 Å². The number of rotatable bonds is 10. The zero-order valence-electron chi connectivity index (χ0n) is 13.2. The van der Waals surface area contributed by atoms with Crippen molar-refractivity contribution in [2.45, 2.75) is 46.2 Å². The summed E-state index contributed by atoms with van der Waals surface area (Å²) in [6.45, 7) is 9.87. The van der Waals surface area contributed by atoms with Crippen LogP contribution in [0, 0.1) is 0 Å². The van der Waals surface area contributed by atoms with E-state index in [1.807, 2.05) is 12.4 Å². The minimum absolute atomic E-state index is 0.434. The van der Waals surface area contributed by atoms with E-state index in [9.17, 15) is 0 Å². The third kappa shape index (κ3) is 5.43. The highest BCUT2D eigenvalue weighted by molar-refractivity contribution is 5.37. The SMILES string of the molecule is CCCNCc1cnc(N(CCOC)C(C)CC)cn1. The van der Waals surface area contributed by atoms with Gasteiger partial charge in [-0.1, -0.05) is 13.8 Å². The Balaban J connectivity index is 2.66. The Morgan fingerprint density at radius 3 is 2.65 bits per heavy atom. The molecular formula is C15H28N4O. The molecule has 0 saturated carbocycles. The van der Waals surface area contributed by atoms with Crippen LogP contribution in [-0.4, -0.2) is 42.8 Å². The van der Waals surface area contributed by atoms with Gasteiger partial charge >= 0.3 is 0 Å². The Morgan fingerprint density at radius 2 is 2.10 bits per heavy atom. The van der Waals surface area contributed by atoms with E-state index in [-0.39, 0.29) is 0 Å². The smallest absolute Gasteiger partial charge is 0.147 e. The first-order chi connectivity index (χ1) is 9.72. The number of nitrogens with zero attached hydrogens (tertiary/aromatic N) is 3. The lowest BCUT2D eigenvalue weighted by molar-refractivity contribution is 0.203. The summed E-state index contributed by atoms with van der Waals surface area (Å²) in [5, 5.41) is 3.33. The van der Waals surface area contributed by atoms with Crippen LogP contribution in [0.3, 0.4) is 0 Å². The van der Waals surface area contributed by atoms with Gasteiger partial charge in [0.2, 0.25) is 0 Å². The van der Waals surface area contributed by atoms with Crippen molar-refractivity contribution in [2.24, 2.45) is 0 Å². The van der Waals surface area contributed by atoms with E-state index in [2.05, 4.69) is 41.0 Å². The Morgan fingerprint density at radius 1 is 1.30 bits per heavy atom. The molecule has 0 aliphatic carbocycles. The number of hydrogen-bond donors (Lipinski definition) is 1. The fourth-order valence-electron chi connectivity index (χ4n) is 1.95. The molecule has 1 heterocycles. The lowest BCUT2D eigenvalue weighted by atomic mass is 10.2. The molecule has 1 atom stereocenters. The van der Waals surface area contributed by atoms with Crippen molar-refractivity contribution in [2.75, 3.05) is 31.7 Å². The summed E-state index contributed by atoms with van der Waals surface area (Å²) in [5.41, 5.74) is 0.984. The van der Waals surface area contributed by atoms with Gasteiger partial charge in [0.05, 0.1) is 24.7 Å². The van der Waals surface area contributed by atoms with E-state index in [0.717, 1.165) is 44.0 Å². The van der Waals surface area contributed by atoms with E-state index in [4.69, 9.17) is 4.74 Å². The Kier molecular flexibility index (Phi) is 8.14. The third-order valence-electron chi connectivity index (χ3n) is 3.38. The second-order valence-electron chi connectivity index (χ2n) is 4.99. The quantitative estimate of drug-likeness (QED) is 0.666. The van der Waals surface area contributed by atoms with Gasteiger partial charge in [-0.2, -0.15) is 0 Å². The van der Waals surface area contributed by atoms with Crippen LogP contribution < -0.4 is 10.2 Å². The fraction of sp³-hybridized carbons (Fsp3) is 0.733. The Bertz CT molecular complexity index is 355. The van der Waals surface area contributed by atoms with Gasteiger partial charge in [0.1, 0.15) is 5.82 Å². The maximum absolute atomic E-state index is 5.18. The molecule has 1 unspecified atom stereocenters. The monoisotopic (exact) mass is 280 g/mol. The normalized spacial score (nSPS) is 12.4. The third-order valence-corrected chi connectivity index (χ3v) is 3.38. The van der Waals surface area contributed by atoms with E-state index in [0.29, 0.717) is 12.6 Å². The molecule has 20 heavy (non-hydrogen) atoms. The summed E-state index contributed by atoms with van der Waals surface area (Å²) in [6.07, 6.45) is 5.93. The number of anilines is 1. The molecule has 0 radical (unpaired) electrons. The van der Waals surface area contributed by atoms with Gasteiger partial charge in [-0.15, -0.1) is 0 Å². The molecule has 0 fully saturated rings. The van der Waals surface area contributed by atoms with Crippen LogP contribution in [0.1, 0.15) is 39.3 Å². The van der Waals surface area contributed by atoms with Gasteiger partial charge in [-0.05, 0) is 26.3 Å². The minimum Gasteiger partial charge on any atom is -0.383 e. The van der Waals surface area contributed by atoms with Gasteiger partial charge in [0.25, 0.3) is 0 Å². The van der Waals surface area contributed by atoms with Crippen LogP contribution in [0.25, 0.3) is 0 Å². The molecule has 0 aromatic carbocycles. The number of nitrogens with one attached hydrogen (secondary N) is 1. The standard InChI is InChI=1S/C15H28N4O/c1-5-7-16-10-14-11-18-15(12-17-14)19(8-9-20-4)13(3)6-2/h11-13,16H,5-10H2,1-4H3. The topological polar surface area (TPSA) is 50.3 Å². The molecule has 1 aromatic heterocycles. The average Bonchev–Trinajstić information content (AvgIpc) is 2.49. The molecule has 0 aliphatic rings. The minimum atomic E-state index is 0.434. The largest absolute Gasteiger partial charge is 0.383 e. The summed E-state index contributed by atoms with van der Waals surface area (Å²) >= 11 is 0. The van der Waals surface area contributed by atoms with Crippen LogP contribution in [-0.2, 0) is 11.3 Å². The van der Waals surface area contributed by atoms with Crippen LogP contribution in [0.15, 0.2) is 12.4 Å². The highest BCUT2D eigenvalue weighted by Gasteiger charge is 2.14. The fourth-order valence-corrected chi connectivity index (χ4v) is 1.95. The number of ether oxygens (including phenoxy) is 1. The molecule has 5 nitrogen and oxygen atoms in total. The molecule has 0 spiro atoms. The highest BCUT2D eigenvalue weighted by atomic mass is 16.5. The first kappa shape index (κ1) is 16.9. The lowest BCUT2D eigenvalue weighted by Crippen LogP contribution is -2.36. The maximum atomic E-state index is 5.18. The predicted octanol–water partition coefficient (Wildman–Crippen LogP) is 2.23.